The SMILES string of the molecule is c1ccc(-c2c3c(c(-c4ccccc4)c4ccccc24)-c2ccc(-c4ccc(-c5ccc6oc7ccccc7c6c5)c5ccccc45)c4cccc-3c24)cc1. The summed E-state index contributed by atoms with van der Waals surface area (Å²) < 4.78 is 6.18. The van der Waals surface area contributed by atoms with E-state index in [1.807, 2.05) is 12.1 Å². The molecule has 12 rings (SSSR count). The second kappa shape index (κ2) is 11.6. The highest BCUT2D eigenvalue weighted by Gasteiger charge is 2.31. The lowest BCUT2D eigenvalue weighted by molar-refractivity contribution is 0.669. The van der Waals surface area contributed by atoms with Crippen molar-refractivity contribution in [1.82, 2.24) is 0 Å². The Hall–Kier alpha value is -7.22. The molecule has 0 N–H and O–H groups in total. The number of hydrogen-bond donors (Lipinski definition) is 0. The molecule has 1 aromatic heterocycles. The van der Waals surface area contributed by atoms with Gasteiger partial charge in [0.25, 0.3) is 0 Å². The third-order valence-electron chi connectivity index (χ3n) is 11.8. The molecule has 0 unspecified atom stereocenters. The summed E-state index contributed by atoms with van der Waals surface area (Å²) in [5, 5.41) is 9.93. The van der Waals surface area contributed by atoms with Crippen molar-refractivity contribution < 1.29 is 4.42 Å². The Balaban J connectivity index is 1.12. The molecule has 1 heteroatoms. The molecule has 0 spiro atoms. The van der Waals surface area contributed by atoms with Gasteiger partial charge in [0.05, 0.1) is 0 Å². The molecule has 1 aliphatic rings. The number of benzene rings is 10. The van der Waals surface area contributed by atoms with Crippen LogP contribution in [0.25, 0.3) is 121 Å². The first-order valence-corrected chi connectivity index (χ1v) is 19.0. The summed E-state index contributed by atoms with van der Waals surface area (Å²) in [6.45, 7) is 0. The van der Waals surface area contributed by atoms with Crippen molar-refractivity contribution in [2.24, 2.45) is 0 Å². The lowest BCUT2D eigenvalue weighted by atomic mass is 9.82. The van der Waals surface area contributed by atoms with E-state index in [0.717, 1.165) is 21.9 Å². The van der Waals surface area contributed by atoms with Crippen molar-refractivity contribution >= 4 is 54.3 Å². The summed E-state index contributed by atoms with van der Waals surface area (Å²) in [7, 11) is 0. The van der Waals surface area contributed by atoms with E-state index in [2.05, 4.69) is 182 Å². The van der Waals surface area contributed by atoms with Gasteiger partial charge in [0.2, 0.25) is 0 Å². The van der Waals surface area contributed by atoms with Crippen molar-refractivity contribution in [1.29, 1.82) is 0 Å². The molecule has 0 bridgehead atoms. The van der Waals surface area contributed by atoms with E-state index < -0.39 is 0 Å². The van der Waals surface area contributed by atoms with Gasteiger partial charge in [-0.3, -0.25) is 0 Å². The highest BCUT2D eigenvalue weighted by atomic mass is 16.3. The van der Waals surface area contributed by atoms with Crippen molar-refractivity contribution in [2.45, 2.75) is 0 Å². The van der Waals surface area contributed by atoms with Crippen LogP contribution in [-0.4, -0.2) is 0 Å². The van der Waals surface area contributed by atoms with Crippen LogP contribution in [0.1, 0.15) is 0 Å². The fourth-order valence-electron chi connectivity index (χ4n) is 9.52. The van der Waals surface area contributed by atoms with E-state index in [4.69, 9.17) is 4.42 Å². The summed E-state index contributed by atoms with van der Waals surface area (Å²) >= 11 is 0. The van der Waals surface area contributed by atoms with E-state index in [1.54, 1.807) is 0 Å². The molecule has 0 aliphatic heterocycles. The molecule has 1 heterocycles. The molecule has 10 aromatic carbocycles. The molecule has 0 saturated heterocycles. The van der Waals surface area contributed by atoms with Gasteiger partial charge in [-0.25, -0.2) is 0 Å². The van der Waals surface area contributed by atoms with Crippen LogP contribution >= 0.6 is 0 Å². The van der Waals surface area contributed by atoms with E-state index >= 15 is 0 Å². The molecular formula is C54H32O. The van der Waals surface area contributed by atoms with Crippen molar-refractivity contribution in [3.63, 3.8) is 0 Å². The molecule has 0 amide bonds. The molecule has 1 aliphatic carbocycles. The van der Waals surface area contributed by atoms with Crippen molar-refractivity contribution in [2.75, 3.05) is 0 Å². The Kier molecular flexibility index (Phi) is 6.40. The van der Waals surface area contributed by atoms with Gasteiger partial charge < -0.3 is 4.42 Å². The second-order valence-corrected chi connectivity index (χ2v) is 14.7. The lowest BCUT2D eigenvalue weighted by Gasteiger charge is -2.20. The Morgan fingerprint density at radius 2 is 0.709 bits per heavy atom. The first-order chi connectivity index (χ1) is 27.3. The molecule has 254 valence electrons. The minimum atomic E-state index is 0.915. The molecule has 1 nitrogen and oxygen atoms in total. The lowest BCUT2D eigenvalue weighted by Crippen LogP contribution is -1.93. The predicted octanol–water partition coefficient (Wildman–Crippen LogP) is 15.4. The van der Waals surface area contributed by atoms with Gasteiger partial charge in [-0.2, -0.15) is 0 Å². The monoisotopic (exact) mass is 696 g/mol. The maximum Gasteiger partial charge on any atom is 0.135 e. The van der Waals surface area contributed by atoms with Gasteiger partial charge in [-0.15, -0.1) is 0 Å². The van der Waals surface area contributed by atoms with Crippen LogP contribution in [0.3, 0.4) is 0 Å². The van der Waals surface area contributed by atoms with Crippen LogP contribution in [0, 0.1) is 0 Å². The zero-order valence-electron chi connectivity index (χ0n) is 29.9. The first kappa shape index (κ1) is 30.3. The zero-order chi connectivity index (χ0) is 36.0. The Morgan fingerprint density at radius 1 is 0.236 bits per heavy atom. The van der Waals surface area contributed by atoms with Gasteiger partial charge in [0.1, 0.15) is 11.2 Å². The van der Waals surface area contributed by atoms with Crippen LogP contribution in [0.4, 0.5) is 0 Å². The zero-order valence-corrected chi connectivity index (χ0v) is 29.9. The van der Waals surface area contributed by atoms with Gasteiger partial charge >= 0.3 is 0 Å². The number of rotatable bonds is 4. The van der Waals surface area contributed by atoms with Crippen LogP contribution in [0.5, 0.6) is 0 Å². The van der Waals surface area contributed by atoms with Gasteiger partial charge in [0, 0.05) is 10.8 Å². The fourth-order valence-corrected chi connectivity index (χ4v) is 9.52. The van der Waals surface area contributed by atoms with Gasteiger partial charge in [-0.05, 0) is 117 Å². The van der Waals surface area contributed by atoms with Gasteiger partial charge in [0.15, 0.2) is 0 Å². The molecule has 0 atom stereocenters. The van der Waals surface area contributed by atoms with E-state index in [1.165, 1.54) is 99.1 Å². The van der Waals surface area contributed by atoms with Crippen LogP contribution in [0.15, 0.2) is 199 Å². The third kappa shape index (κ3) is 4.35. The standard InChI is InChI=1S/C54H32O/c1-3-14-33(15-4-1)50-43-21-9-10-22-44(43)51(34-16-5-2-6-17-34)54-46-30-29-40(42-23-13-24-45(52(42)46)53(50)54)39-28-27-36(37-18-7-8-19-38(37)39)35-26-31-49-47(32-35)41-20-11-12-25-48(41)55-49/h1-32H. The van der Waals surface area contributed by atoms with Gasteiger partial charge in [-0.1, -0.05) is 176 Å². The minimum Gasteiger partial charge on any atom is -0.456 e. The average molecular weight is 697 g/mol. The van der Waals surface area contributed by atoms with Crippen molar-refractivity contribution in [3.8, 4) is 66.8 Å². The Labute approximate surface area is 318 Å². The number of hydrogen-bond acceptors (Lipinski definition) is 1. The second-order valence-electron chi connectivity index (χ2n) is 14.7. The summed E-state index contributed by atoms with van der Waals surface area (Å²) in [4.78, 5) is 0. The third-order valence-corrected chi connectivity index (χ3v) is 11.8. The number of fused-ring (bicyclic) bond motifs is 8. The van der Waals surface area contributed by atoms with E-state index in [0.29, 0.717) is 0 Å². The van der Waals surface area contributed by atoms with E-state index in [9.17, 15) is 0 Å². The minimum absolute atomic E-state index is 0.915. The predicted molar refractivity (Wildman–Crippen MR) is 232 cm³/mol. The first-order valence-electron chi connectivity index (χ1n) is 19.0. The Bertz CT molecular complexity index is 3260. The highest BCUT2D eigenvalue weighted by Crippen LogP contribution is 2.58. The molecule has 11 aromatic rings. The Morgan fingerprint density at radius 3 is 1.38 bits per heavy atom. The molecule has 0 radical (unpaired) electrons. The highest BCUT2D eigenvalue weighted by molar-refractivity contribution is 6.29. The average Bonchev–Trinajstić information content (AvgIpc) is 3.79. The molecule has 0 saturated carbocycles. The maximum absolute atomic E-state index is 6.18. The van der Waals surface area contributed by atoms with Crippen LogP contribution < -0.4 is 0 Å². The van der Waals surface area contributed by atoms with E-state index in [-0.39, 0.29) is 0 Å². The number of para-hydroxylation sites is 1. The summed E-state index contributed by atoms with van der Waals surface area (Å²) in [6.07, 6.45) is 0. The molecule has 55 heavy (non-hydrogen) atoms. The van der Waals surface area contributed by atoms with Crippen LogP contribution in [0.2, 0.25) is 0 Å². The summed E-state index contributed by atoms with van der Waals surface area (Å²) in [5.41, 5.74) is 17.1. The topological polar surface area (TPSA) is 13.1 Å². The van der Waals surface area contributed by atoms with Crippen molar-refractivity contribution in [3.05, 3.63) is 194 Å². The smallest absolute Gasteiger partial charge is 0.135 e. The molecular weight excluding hydrogens is 665 g/mol. The maximum atomic E-state index is 6.18. The largest absolute Gasteiger partial charge is 0.456 e. The quantitative estimate of drug-likeness (QED) is 0.179. The summed E-state index contributed by atoms with van der Waals surface area (Å²) in [5.74, 6) is 0. The van der Waals surface area contributed by atoms with Crippen LogP contribution in [-0.2, 0) is 0 Å². The summed E-state index contributed by atoms with van der Waals surface area (Å²) in [6, 6.07) is 71.0. The number of furan rings is 1. The normalized spacial score (nSPS) is 12.0. The fraction of sp³-hybridized carbons (Fsp3) is 0. The molecule has 0 fully saturated rings.